The monoisotopic (exact) mass is 256 g/mol. The average Bonchev–Trinajstić information content (AvgIpc) is 2.12. The number of halogens is 4. The number of H-pyrrole nitrogens is 1. The van der Waals surface area contributed by atoms with Crippen LogP contribution in [0.15, 0.2) is 9.59 Å². The van der Waals surface area contributed by atoms with E-state index in [1.54, 1.807) is 0 Å². The summed E-state index contributed by atoms with van der Waals surface area (Å²) in [7, 11) is 0. The van der Waals surface area contributed by atoms with Crippen molar-refractivity contribution in [2.45, 2.75) is 26.1 Å². The maximum Gasteiger partial charge on any atom is 0.390 e. The van der Waals surface area contributed by atoms with Gasteiger partial charge in [0.2, 0.25) is 0 Å². The van der Waals surface area contributed by atoms with Crippen molar-refractivity contribution in [2.24, 2.45) is 0 Å². The molecule has 8 heteroatoms. The zero-order valence-electron chi connectivity index (χ0n) is 8.19. The Bertz CT molecular complexity index is 503. The molecule has 0 radical (unpaired) electrons. The molecular formula is C8H8ClF3N2O2. The molecule has 0 unspecified atom stereocenters. The molecule has 1 aromatic rings. The van der Waals surface area contributed by atoms with Crippen LogP contribution >= 0.6 is 11.6 Å². The maximum atomic E-state index is 11.9. The SMILES string of the molecule is Cc1c(Cl)[nH]c(=O)n(CCC(F)(F)F)c1=O. The van der Waals surface area contributed by atoms with Gasteiger partial charge >= 0.3 is 11.9 Å². The summed E-state index contributed by atoms with van der Waals surface area (Å²) in [5.74, 6) is 0. The van der Waals surface area contributed by atoms with Gasteiger partial charge in [-0.3, -0.25) is 14.3 Å². The van der Waals surface area contributed by atoms with Gasteiger partial charge in [0.05, 0.1) is 6.42 Å². The normalized spacial score (nSPS) is 11.8. The van der Waals surface area contributed by atoms with Crippen molar-refractivity contribution in [3.8, 4) is 0 Å². The van der Waals surface area contributed by atoms with Gasteiger partial charge in [-0.2, -0.15) is 13.2 Å². The molecule has 0 amide bonds. The van der Waals surface area contributed by atoms with E-state index in [4.69, 9.17) is 11.6 Å². The summed E-state index contributed by atoms with van der Waals surface area (Å²) < 4.78 is 36.3. The summed E-state index contributed by atoms with van der Waals surface area (Å²) in [5, 5.41) is -0.154. The lowest BCUT2D eigenvalue weighted by Gasteiger charge is -2.08. The molecule has 1 N–H and O–H groups in total. The predicted molar refractivity (Wildman–Crippen MR) is 51.7 cm³/mol. The Hall–Kier alpha value is -1.24. The van der Waals surface area contributed by atoms with Crippen molar-refractivity contribution < 1.29 is 13.2 Å². The summed E-state index contributed by atoms with van der Waals surface area (Å²) in [5.41, 5.74) is -1.73. The predicted octanol–water partition coefficient (Wildman–Crippen LogP) is 1.45. The molecular weight excluding hydrogens is 249 g/mol. The Kier molecular flexibility index (Phi) is 3.47. The van der Waals surface area contributed by atoms with Crippen molar-refractivity contribution >= 4 is 11.6 Å². The fourth-order valence-corrected chi connectivity index (χ4v) is 1.25. The average molecular weight is 257 g/mol. The van der Waals surface area contributed by atoms with Crippen molar-refractivity contribution in [2.75, 3.05) is 0 Å². The van der Waals surface area contributed by atoms with Crippen LogP contribution < -0.4 is 11.2 Å². The first kappa shape index (κ1) is 12.8. The number of aromatic amines is 1. The summed E-state index contributed by atoms with van der Waals surface area (Å²) >= 11 is 5.49. The van der Waals surface area contributed by atoms with Gasteiger partial charge in [-0.1, -0.05) is 11.6 Å². The molecule has 0 aliphatic heterocycles. The van der Waals surface area contributed by atoms with Gasteiger partial charge in [0, 0.05) is 12.1 Å². The van der Waals surface area contributed by atoms with Gasteiger partial charge in [0.1, 0.15) is 5.15 Å². The minimum atomic E-state index is -4.42. The molecule has 0 fully saturated rings. The third-order valence-corrected chi connectivity index (χ3v) is 2.35. The van der Waals surface area contributed by atoms with Crippen LogP contribution in [0.5, 0.6) is 0 Å². The summed E-state index contributed by atoms with van der Waals surface area (Å²) in [6, 6.07) is 0. The molecule has 0 saturated carbocycles. The van der Waals surface area contributed by atoms with Crippen LogP contribution in [0.3, 0.4) is 0 Å². The fourth-order valence-electron chi connectivity index (χ4n) is 1.09. The molecule has 0 aliphatic carbocycles. The van der Waals surface area contributed by atoms with Gasteiger partial charge in [-0.25, -0.2) is 4.79 Å². The van der Waals surface area contributed by atoms with Gasteiger partial charge < -0.3 is 0 Å². The maximum absolute atomic E-state index is 11.9. The first-order valence-corrected chi connectivity index (χ1v) is 4.66. The topological polar surface area (TPSA) is 54.9 Å². The third-order valence-electron chi connectivity index (χ3n) is 1.98. The van der Waals surface area contributed by atoms with Crippen LogP contribution in [0.2, 0.25) is 5.15 Å². The van der Waals surface area contributed by atoms with E-state index in [0.29, 0.717) is 4.57 Å². The van der Waals surface area contributed by atoms with Crippen LogP contribution in [-0.2, 0) is 6.54 Å². The lowest BCUT2D eigenvalue weighted by Crippen LogP contribution is -2.37. The second kappa shape index (κ2) is 4.32. The summed E-state index contributed by atoms with van der Waals surface area (Å²) in [6.45, 7) is 0.611. The van der Waals surface area contributed by atoms with E-state index in [2.05, 4.69) is 4.98 Å². The van der Waals surface area contributed by atoms with Crippen LogP contribution in [0.1, 0.15) is 12.0 Å². The zero-order valence-corrected chi connectivity index (χ0v) is 8.95. The Balaban J connectivity index is 3.12. The molecule has 1 heterocycles. The largest absolute Gasteiger partial charge is 0.390 e. The highest BCUT2D eigenvalue weighted by molar-refractivity contribution is 6.30. The number of nitrogens with one attached hydrogen (secondary N) is 1. The Labute approximate surface area is 92.7 Å². The van der Waals surface area contributed by atoms with Crippen LogP contribution in [0, 0.1) is 6.92 Å². The number of nitrogens with zero attached hydrogens (tertiary/aromatic N) is 1. The second-order valence-electron chi connectivity index (χ2n) is 3.19. The molecule has 1 aromatic heterocycles. The number of aromatic nitrogens is 2. The Morgan fingerprint density at radius 2 is 1.94 bits per heavy atom. The highest BCUT2D eigenvalue weighted by Gasteiger charge is 2.27. The van der Waals surface area contributed by atoms with E-state index in [1.807, 2.05) is 0 Å². The molecule has 0 aromatic carbocycles. The second-order valence-corrected chi connectivity index (χ2v) is 3.57. The first-order chi connectivity index (χ1) is 7.22. The minimum absolute atomic E-state index is 0.0171. The third kappa shape index (κ3) is 2.88. The number of hydrogen-bond acceptors (Lipinski definition) is 2. The molecule has 90 valence electrons. The van der Waals surface area contributed by atoms with Crippen molar-refractivity contribution in [3.05, 3.63) is 31.6 Å². The van der Waals surface area contributed by atoms with E-state index in [-0.39, 0.29) is 10.7 Å². The fraction of sp³-hybridized carbons (Fsp3) is 0.500. The van der Waals surface area contributed by atoms with E-state index < -0.39 is 30.4 Å². The Morgan fingerprint density at radius 3 is 2.44 bits per heavy atom. The number of hydrogen-bond donors (Lipinski definition) is 1. The van der Waals surface area contributed by atoms with Gasteiger partial charge in [0.15, 0.2) is 0 Å². The van der Waals surface area contributed by atoms with Gasteiger partial charge in [-0.05, 0) is 6.92 Å². The van der Waals surface area contributed by atoms with E-state index in [9.17, 15) is 22.8 Å². The van der Waals surface area contributed by atoms with Gasteiger partial charge in [-0.15, -0.1) is 0 Å². The van der Waals surface area contributed by atoms with Gasteiger partial charge in [0.25, 0.3) is 5.56 Å². The van der Waals surface area contributed by atoms with Crippen molar-refractivity contribution in [1.29, 1.82) is 0 Å². The van der Waals surface area contributed by atoms with E-state index >= 15 is 0 Å². The molecule has 1 rings (SSSR count). The molecule has 0 saturated heterocycles. The smallest absolute Gasteiger partial charge is 0.297 e. The van der Waals surface area contributed by atoms with Crippen LogP contribution in [0.4, 0.5) is 13.2 Å². The molecule has 4 nitrogen and oxygen atoms in total. The lowest BCUT2D eigenvalue weighted by molar-refractivity contribution is -0.137. The standard InChI is InChI=1S/C8H8ClF3N2O2/c1-4-5(9)13-7(16)14(6(4)15)3-2-8(10,11)12/h2-3H2,1H3,(H,13,16). The molecule has 0 bridgehead atoms. The number of alkyl halides is 3. The van der Waals surface area contributed by atoms with E-state index in [1.165, 1.54) is 6.92 Å². The molecule has 16 heavy (non-hydrogen) atoms. The van der Waals surface area contributed by atoms with Crippen LogP contribution in [-0.4, -0.2) is 15.7 Å². The quantitative estimate of drug-likeness (QED) is 0.815. The highest BCUT2D eigenvalue weighted by atomic mass is 35.5. The summed E-state index contributed by atoms with van der Waals surface area (Å²) in [6.07, 6.45) is -5.66. The first-order valence-electron chi connectivity index (χ1n) is 4.28. The molecule has 0 atom stereocenters. The molecule has 0 spiro atoms. The minimum Gasteiger partial charge on any atom is -0.297 e. The van der Waals surface area contributed by atoms with Crippen LogP contribution in [0.25, 0.3) is 0 Å². The molecule has 0 aliphatic rings. The highest BCUT2D eigenvalue weighted by Crippen LogP contribution is 2.19. The Morgan fingerprint density at radius 1 is 1.38 bits per heavy atom. The van der Waals surface area contributed by atoms with E-state index in [0.717, 1.165) is 0 Å². The lowest BCUT2D eigenvalue weighted by atomic mass is 10.3. The summed E-state index contributed by atoms with van der Waals surface area (Å²) in [4.78, 5) is 24.7. The van der Waals surface area contributed by atoms with Crippen molar-refractivity contribution in [3.63, 3.8) is 0 Å². The zero-order chi connectivity index (χ0) is 12.5. The van der Waals surface area contributed by atoms with Crippen molar-refractivity contribution in [1.82, 2.24) is 9.55 Å². The number of rotatable bonds is 2.